The average molecular weight is 246 g/mol. The average Bonchev–Trinajstić information content (AvgIpc) is 2.83. The van der Waals surface area contributed by atoms with Crippen LogP contribution in [-0.4, -0.2) is 21.8 Å². The second-order valence-electron chi connectivity index (χ2n) is 4.30. The maximum atomic E-state index is 10.0. The van der Waals surface area contributed by atoms with Crippen LogP contribution in [0.5, 0.6) is 5.75 Å². The molecule has 0 saturated carbocycles. The number of benzene rings is 1. The largest absolute Gasteiger partial charge is 0.497 e. The smallest absolute Gasteiger partial charge is 0.137 e. The lowest BCUT2D eigenvalue weighted by atomic mass is 10.1. The lowest BCUT2D eigenvalue weighted by molar-refractivity contribution is 0.154. The molecule has 2 rings (SSSR count). The first-order chi connectivity index (χ1) is 8.70. The Balaban J connectivity index is 1.93. The first kappa shape index (κ1) is 12.6. The van der Waals surface area contributed by atoms with Crippen LogP contribution in [0.2, 0.25) is 0 Å². The van der Waals surface area contributed by atoms with Crippen LogP contribution in [-0.2, 0) is 13.5 Å². The molecule has 1 aromatic heterocycles. The fourth-order valence-corrected chi connectivity index (χ4v) is 1.92. The van der Waals surface area contributed by atoms with Gasteiger partial charge in [-0.3, -0.25) is 0 Å². The van der Waals surface area contributed by atoms with Gasteiger partial charge in [-0.2, -0.15) is 0 Å². The number of hydrogen-bond acceptors (Lipinski definition) is 3. The van der Waals surface area contributed by atoms with Crippen LogP contribution in [0.15, 0.2) is 36.7 Å². The second kappa shape index (κ2) is 5.69. The van der Waals surface area contributed by atoms with Crippen molar-refractivity contribution in [3.05, 3.63) is 48.0 Å². The predicted octanol–water partition coefficient (Wildman–Crippen LogP) is 2.09. The number of rotatable bonds is 5. The topological polar surface area (TPSA) is 47.3 Å². The van der Waals surface area contributed by atoms with E-state index < -0.39 is 6.10 Å². The third kappa shape index (κ3) is 2.90. The van der Waals surface area contributed by atoms with Gasteiger partial charge in [-0.25, -0.2) is 4.98 Å². The van der Waals surface area contributed by atoms with E-state index in [-0.39, 0.29) is 0 Å². The molecule has 0 radical (unpaired) electrons. The van der Waals surface area contributed by atoms with Crippen LogP contribution < -0.4 is 4.74 Å². The Kier molecular flexibility index (Phi) is 3.99. The molecule has 0 fully saturated rings. The van der Waals surface area contributed by atoms with Gasteiger partial charge in [0.25, 0.3) is 0 Å². The Labute approximate surface area is 107 Å². The van der Waals surface area contributed by atoms with Crippen LogP contribution in [0.1, 0.15) is 23.9 Å². The van der Waals surface area contributed by atoms with E-state index in [0.717, 1.165) is 12.2 Å². The van der Waals surface area contributed by atoms with E-state index in [2.05, 4.69) is 4.98 Å². The maximum Gasteiger partial charge on any atom is 0.137 e. The van der Waals surface area contributed by atoms with Crippen molar-refractivity contribution in [2.24, 2.45) is 7.05 Å². The number of aliphatic hydroxyl groups is 1. The molecule has 1 heterocycles. The maximum absolute atomic E-state index is 10.0. The van der Waals surface area contributed by atoms with Crippen LogP contribution in [0.4, 0.5) is 0 Å². The Bertz CT molecular complexity index is 491. The summed E-state index contributed by atoms with van der Waals surface area (Å²) in [5.41, 5.74) is 1.18. The minimum atomic E-state index is -0.521. The van der Waals surface area contributed by atoms with E-state index in [1.54, 1.807) is 13.3 Å². The summed E-state index contributed by atoms with van der Waals surface area (Å²) in [5.74, 6) is 1.56. The summed E-state index contributed by atoms with van der Waals surface area (Å²) in [6, 6.07) is 7.90. The number of aryl methyl sites for hydroxylation is 2. The molecule has 18 heavy (non-hydrogen) atoms. The lowest BCUT2D eigenvalue weighted by Gasteiger charge is -2.10. The summed E-state index contributed by atoms with van der Waals surface area (Å²) in [5, 5.41) is 10.0. The fourth-order valence-electron chi connectivity index (χ4n) is 1.92. The van der Waals surface area contributed by atoms with E-state index in [1.165, 1.54) is 5.56 Å². The van der Waals surface area contributed by atoms with Crippen LogP contribution in [0, 0.1) is 0 Å². The van der Waals surface area contributed by atoms with E-state index in [9.17, 15) is 5.11 Å². The van der Waals surface area contributed by atoms with Crippen LogP contribution in [0.3, 0.4) is 0 Å². The molecule has 4 nitrogen and oxygen atoms in total. The summed E-state index contributed by atoms with van der Waals surface area (Å²) < 4.78 is 6.95. The second-order valence-corrected chi connectivity index (χ2v) is 4.30. The van der Waals surface area contributed by atoms with Crippen molar-refractivity contribution in [3.8, 4) is 5.75 Å². The van der Waals surface area contributed by atoms with Crippen molar-refractivity contribution in [3.63, 3.8) is 0 Å². The summed E-state index contributed by atoms with van der Waals surface area (Å²) >= 11 is 0. The molecule has 0 amide bonds. The zero-order chi connectivity index (χ0) is 13.0. The highest BCUT2D eigenvalue weighted by molar-refractivity contribution is 5.27. The first-order valence-electron chi connectivity index (χ1n) is 5.99. The Hall–Kier alpha value is -1.81. The quantitative estimate of drug-likeness (QED) is 0.878. The number of methoxy groups -OCH3 is 1. The number of aromatic nitrogens is 2. The monoisotopic (exact) mass is 246 g/mol. The zero-order valence-electron chi connectivity index (χ0n) is 10.7. The minimum Gasteiger partial charge on any atom is -0.497 e. The molecule has 0 bridgehead atoms. The van der Waals surface area contributed by atoms with Gasteiger partial charge in [0.05, 0.1) is 7.11 Å². The lowest BCUT2D eigenvalue weighted by Crippen LogP contribution is -2.06. The normalized spacial score (nSPS) is 12.4. The standard InChI is InChI=1S/C14H18N2O2/c1-16-10-9-15-14(16)13(17)8-5-11-3-6-12(18-2)7-4-11/h3-4,6-7,9-10,13,17H,5,8H2,1-2H3. The molecule has 0 spiro atoms. The fraction of sp³-hybridized carbons (Fsp3) is 0.357. The van der Waals surface area contributed by atoms with Gasteiger partial charge in [0.15, 0.2) is 0 Å². The zero-order valence-corrected chi connectivity index (χ0v) is 10.7. The van der Waals surface area contributed by atoms with Gasteiger partial charge < -0.3 is 14.4 Å². The number of hydrogen-bond donors (Lipinski definition) is 1. The molecule has 0 aliphatic carbocycles. The number of imidazole rings is 1. The molecular weight excluding hydrogens is 228 g/mol. The van der Waals surface area contributed by atoms with Gasteiger partial charge in [0.1, 0.15) is 17.7 Å². The van der Waals surface area contributed by atoms with Crippen molar-refractivity contribution in [1.82, 2.24) is 9.55 Å². The molecule has 0 aliphatic rings. The highest BCUT2D eigenvalue weighted by Crippen LogP contribution is 2.18. The molecule has 0 aliphatic heterocycles. The number of ether oxygens (including phenoxy) is 1. The molecule has 4 heteroatoms. The molecule has 96 valence electrons. The van der Waals surface area contributed by atoms with Crippen LogP contribution in [0.25, 0.3) is 0 Å². The SMILES string of the molecule is COc1ccc(CCC(O)c2nccn2C)cc1. The minimum absolute atomic E-state index is 0.521. The van der Waals surface area contributed by atoms with Gasteiger partial charge in [0.2, 0.25) is 0 Å². The Morgan fingerprint density at radius 2 is 2.06 bits per heavy atom. The van der Waals surface area contributed by atoms with Crippen molar-refractivity contribution >= 4 is 0 Å². The highest BCUT2D eigenvalue weighted by atomic mass is 16.5. The molecule has 1 unspecified atom stereocenters. The molecule has 0 saturated heterocycles. The third-order valence-electron chi connectivity index (χ3n) is 3.02. The van der Waals surface area contributed by atoms with Gasteiger partial charge in [-0.05, 0) is 30.5 Å². The Morgan fingerprint density at radius 3 is 2.61 bits per heavy atom. The van der Waals surface area contributed by atoms with Crippen molar-refractivity contribution in [2.45, 2.75) is 18.9 Å². The molecule has 1 aromatic carbocycles. The van der Waals surface area contributed by atoms with Gasteiger partial charge in [-0.1, -0.05) is 12.1 Å². The molecule has 1 N–H and O–H groups in total. The Morgan fingerprint density at radius 1 is 1.33 bits per heavy atom. The van der Waals surface area contributed by atoms with Crippen molar-refractivity contribution < 1.29 is 9.84 Å². The molecular formula is C14H18N2O2. The number of aliphatic hydroxyl groups excluding tert-OH is 1. The van der Waals surface area contributed by atoms with E-state index in [4.69, 9.17) is 4.74 Å². The van der Waals surface area contributed by atoms with Gasteiger partial charge in [0, 0.05) is 19.4 Å². The van der Waals surface area contributed by atoms with Crippen molar-refractivity contribution in [2.75, 3.05) is 7.11 Å². The van der Waals surface area contributed by atoms with Gasteiger partial charge >= 0.3 is 0 Å². The first-order valence-corrected chi connectivity index (χ1v) is 5.99. The predicted molar refractivity (Wildman–Crippen MR) is 69.5 cm³/mol. The summed E-state index contributed by atoms with van der Waals surface area (Å²) in [6.45, 7) is 0. The summed E-state index contributed by atoms with van der Waals surface area (Å²) in [4.78, 5) is 4.15. The van der Waals surface area contributed by atoms with E-state index in [1.807, 2.05) is 42.1 Å². The molecule has 1 atom stereocenters. The van der Waals surface area contributed by atoms with E-state index in [0.29, 0.717) is 12.2 Å². The van der Waals surface area contributed by atoms with Gasteiger partial charge in [-0.15, -0.1) is 0 Å². The van der Waals surface area contributed by atoms with Crippen LogP contribution >= 0.6 is 0 Å². The highest BCUT2D eigenvalue weighted by Gasteiger charge is 2.11. The van der Waals surface area contributed by atoms with E-state index >= 15 is 0 Å². The number of nitrogens with zero attached hydrogens (tertiary/aromatic N) is 2. The van der Waals surface area contributed by atoms with Crippen molar-refractivity contribution in [1.29, 1.82) is 0 Å². The summed E-state index contributed by atoms with van der Waals surface area (Å²) in [7, 11) is 3.54. The third-order valence-corrected chi connectivity index (χ3v) is 3.02. The summed E-state index contributed by atoms with van der Waals surface area (Å²) in [6.07, 6.45) is 4.50. The molecule has 2 aromatic rings.